The topological polar surface area (TPSA) is 66.0 Å². The number of H-pyrrole nitrogens is 1. The van der Waals surface area contributed by atoms with Crippen molar-refractivity contribution in [1.82, 2.24) is 10.2 Å². The standard InChI is InChI=1S/C11H11BrN2O2S/c1-6-11(8-3-4-9(12)17-8)7(14-13-6)2-5-10(15)16/h3-4H,2,5H2,1H3,(H,13,14)(H,15,16). The molecule has 0 aromatic carbocycles. The summed E-state index contributed by atoms with van der Waals surface area (Å²) >= 11 is 5.04. The molecule has 2 rings (SSSR count). The van der Waals surface area contributed by atoms with Gasteiger partial charge in [0, 0.05) is 22.6 Å². The Balaban J connectivity index is 2.32. The SMILES string of the molecule is Cc1[nH]nc(CCC(=O)O)c1-c1ccc(Br)s1. The van der Waals surface area contributed by atoms with E-state index < -0.39 is 5.97 Å². The van der Waals surface area contributed by atoms with E-state index >= 15 is 0 Å². The van der Waals surface area contributed by atoms with E-state index in [9.17, 15) is 4.79 Å². The zero-order valence-electron chi connectivity index (χ0n) is 9.16. The third-order valence-electron chi connectivity index (χ3n) is 2.42. The highest BCUT2D eigenvalue weighted by Crippen LogP contribution is 2.34. The summed E-state index contributed by atoms with van der Waals surface area (Å²) < 4.78 is 1.05. The molecule has 0 saturated heterocycles. The number of nitrogens with one attached hydrogen (secondary N) is 1. The van der Waals surface area contributed by atoms with Gasteiger partial charge in [-0.2, -0.15) is 5.10 Å². The molecule has 0 radical (unpaired) electrons. The number of thiophene rings is 1. The average molecular weight is 315 g/mol. The van der Waals surface area contributed by atoms with Crippen LogP contribution >= 0.6 is 27.3 Å². The smallest absolute Gasteiger partial charge is 0.303 e. The van der Waals surface area contributed by atoms with Crippen LogP contribution in [0.4, 0.5) is 0 Å². The van der Waals surface area contributed by atoms with E-state index in [1.165, 1.54) is 0 Å². The van der Waals surface area contributed by atoms with Crippen molar-refractivity contribution < 1.29 is 9.90 Å². The van der Waals surface area contributed by atoms with Crippen molar-refractivity contribution in [3.05, 3.63) is 27.3 Å². The van der Waals surface area contributed by atoms with Crippen molar-refractivity contribution >= 4 is 33.2 Å². The van der Waals surface area contributed by atoms with Gasteiger partial charge in [-0.3, -0.25) is 9.89 Å². The number of hydrogen-bond acceptors (Lipinski definition) is 3. The molecule has 2 heterocycles. The number of carboxylic acids is 1. The van der Waals surface area contributed by atoms with Gasteiger partial charge in [0.15, 0.2) is 0 Å². The van der Waals surface area contributed by atoms with Gasteiger partial charge in [-0.25, -0.2) is 0 Å². The normalized spacial score (nSPS) is 10.7. The Morgan fingerprint density at radius 3 is 2.94 bits per heavy atom. The second-order valence-electron chi connectivity index (χ2n) is 3.67. The number of aliphatic carboxylic acids is 1. The van der Waals surface area contributed by atoms with Gasteiger partial charge < -0.3 is 5.11 Å². The first-order chi connectivity index (χ1) is 8.08. The van der Waals surface area contributed by atoms with E-state index in [0.29, 0.717) is 6.42 Å². The molecule has 2 aromatic heterocycles. The molecule has 0 bridgehead atoms. The van der Waals surface area contributed by atoms with Gasteiger partial charge in [0.2, 0.25) is 0 Å². The lowest BCUT2D eigenvalue weighted by Gasteiger charge is -1.99. The van der Waals surface area contributed by atoms with Crippen molar-refractivity contribution in [2.24, 2.45) is 0 Å². The van der Waals surface area contributed by atoms with Crippen molar-refractivity contribution in [2.45, 2.75) is 19.8 Å². The molecule has 2 aromatic rings. The van der Waals surface area contributed by atoms with Crippen molar-refractivity contribution in [2.75, 3.05) is 0 Å². The predicted molar refractivity (Wildman–Crippen MR) is 70.3 cm³/mol. The minimum atomic E-state index is -0.802. The predicted octanol–water partition coefficient (Wildman–Crippen LogP) is 3.23. The first-order valence-corrected chi connectivity index (χ1v) is 6.70. The van der Waals surface area contributed by atoms with Gasteiger partial charge in [0.05, 0.1) is 15.9 Å². The number of aromatic nitrogens is 2. The summed E-state index contributed by atoms with van der Waals surface area (Å²) in [5.74, 6) is -0.802. The van der Waals surface area contributed by atoms with E-state index in [1.807, 2.05) is 19.1 Å². The molecule has 4 nitrogen and oxygen atoms in total. The minimum absolute atomic E-state index is 0.101. The first kappa shape index (κ1) is 12.3. The van der Waals surface area contributed by atoms with E-state index in [4.69, 9.17) is 5.11 Å². The van der Waals surface area contributed by atoms with Gasteiger partial charge in [0.1, 0.15) is 0 Å². The van der Waals surface area contributed by atoms with Crippen LogP contribution in [-0.4, -0.2) is 21.3 Å². The average Bonchev–Trinajstić information content (AvgIpc) is 2.82. The molecular weight excluding hydrogens is 304 g/mol. The maximum absolute atomic E-state index is 10.6. The summed E-state index contributed by atoms with van der Waals surface area (Å²) in [6.45, 7) is 1.94. The van der Waals surface area contributed by atoms with Crippen LogP contribution in [0.2, 0.25) is 0 Å². The number of nitrogens with zero attached hydrogens (tertiary/aromatic N) is 1. The fourth-order valence-corrected chi connectivity index (χ4v) is 3.17. The molecule has 0 fully saturated rings. The molecule has 0 aliphatic rings. The van der Waals surface area contributed by atoms with Gasteiger partial charge >= 0.3 is 5.97 Å². The lowest BCUT2D eigenvalue weighted by Crippen LogP contribution is -1.98. The summed E-state index contributed by atoms with van der Waals surface area (Å²) in [4.78, 5) is 11.7. The third-order valence-corrected chi connectivity index (χ3v) is 4.06. The quantitative estimate of drug-likeness (QED) is 0.910. The van der Waals surface area contributed by atoms with Crippen LogP contribution < -0.4 is 0 Å². The molecular formula is C11H11BrN2O2S. The molecule has 2 N–H and O–H groups in total. The van der Waals surface area contributed by atoms with Crippen molar-refractivity contribution in [3.8, 4) is 10.4 Å². The molecule has 17 heavy (non-hydrogen) atoms. The number of aromatic amines is 1. The Morgan fingerprint density at radius 2 is 2.35 bits per heavy atom. The molecule has 0 aliphatic carbocycles. The van der Waals surface area contributed by atoms with Crippen molar-refractivity contribution in [3.63, 3.8) is 0 Å². The van der Waals surface area contributed by atoms with Crippen LogP contribution in [0.25, 0.3) is 10.4 Å². The molecule has 0 aliphatic heterocycles. The van der Waals surface area contributed by atoms with Gasteiger partial charge in [-0.05, 0) is 35.0 Å². The van der Waals surface area contributed by atoms with Crippen LogP contribution in [0.3, 0.4) is 0 Å². The number of carbonyl (C=O) groups is 1. The second-order valence-corrected chi connectivity index (χ2v) is 6.13. The first-order valence-electron chi connectivity index (χ1n) is 5.09. The molecule has 0 unspecified atom stereocenters. The fourth-order valence-electron chi connectivity index (χ4n) is 1.66. The number of aryl methyl sites for hydroxylation is 2. The number of carboxylic acid groups (broad SMARTS) is 1. The largest absolute Gasteiger partial charge is 0.481 e. The Bertz CT molecular complexity index is 547. The Kier molecular flexibility index (Phi) is 3.63. The Hall–Kier alpha value is -1.14. The van der Waals surface area contributed by atoms with Gasteiger partial charge in [0.25, 0.3) is 0 Å². The Morgan fingerprint density at radius 1 is 1.59 bits per heavy atom. The maximum Gasteiger partial charge on any atom is 0.303 e. The van der Waals surface area contributed by atoms with Crippen LogP contribution in [0.1, 0.15) is 17.8 Å². The summed E-state index contributed by atoms with van der Waals surface area (Å²) in [6, 6.07) is 3.99. The van der Waals surface area contributed by atoms with Crippen LogP contribution in [0, 0.1) is 6.92 Å². The second kappa shape index (κ2) is 5.01. The zero-order valence-corrected chi connectivity index (χ0v) is 11.6. The van der Waals surface area contributed by atoms with Gasteiger partial charge in [-0.1, -0.05) is 0 Å². The third kappa shape index (κ3) is 2.76. The van der Waals surface area contributed by atoms with Crippen LogP contribution in [0.5, 0.6) is 0 Å². The monoisotopic (exact) mass is 314 g/mol. The Labute approximate surface area is 111 Å². The molecule has 6 heteroatoms. The fraction of sp³-hybridized carbons (Fsp3) is 0.273. The summed E-state index contributed by atoms with van der Waals surface area (Å²) in [5.41, 5.74) is 2.82. The lowest BCUT2D eigenvalue weighted by atomic mass is 10.1. The van der Waals surface area contributed by atoms with Crippen molar-refractivity contribution in [1.29, 1.82) is 0 Å². The lowest BCUT2D eigenvalue weighted by molar-refractivity contribution is -0.136. The van der Waals surface area contributed by atoms with Crippen LogP contribution in [0.15, 0.2) is 15.9 Å². The van der Waals surface area contributed by atoms with E-state index in [2.05, 4.69) is 26.1 Å². The zero-order chi connectivity index (χ0) is 12.4. The number of halogens is 1. The number of rotatable bonds is 4. The maximum atomic E-state index is 10.6. The highest BCUT2D eigenvalue weighted by molar-refractivity contribution is 9.11. The highest BCUT2D eigenvalue weighted by Gasteiger charge is 2.14. The molecule has 0 spiro atoms. The number of hydrogen-bond donors (Lipinski definition) is 2. The van der Waals surface area contributed by atoms with E-state index in [1.54, 1.807) is 11.3 Å². The van der Waals surface area contributed by atoms with E-state index in [0.717, 1.165) is 25.6 Å². The summed E-state index contributed by atoms with van der Waals surface area (Å²) in [5, 5.41) is 15.8. The molecule has 0 amide bonds. The van der Waals surface area contributed by atoms with E-state index in [-0.39, 0.29) is 6.42 Å². The van der Waals surface area contributed by atoms with Crippen LogP contribution in [-0.2, 0) is 11.2 Å². The van der Waals surface area contributed by atoms with Gasteiger partial charge in [-0.15, -0.1) is 11.3 Å². The highest BCUT2D eigenvalue weighted by atomic mass is 79.9. The summed E-state index contributed by atoms with van der Waals surface area (Å²) in [7, 11) is 0. The summed E-state index contributed by atoms with van der Waals surface area (Å²) in [6.07, 6.45) is 0.550. The molecule has 0 saturated carbocycles. The molecule has 0 atom stereocenters. The molecule has 90 valence electrons. The minimum Gasteiger partial charge on any atom is -0.481 e.